The van der Waals surface area contributed by atoms with Crippen molar-refractivity contribution >= 4 is 5.57 Å². The lowest BCUT2D eigenvalue weighted by Crippen LogP contribution is -1.87. The Hall–Kier alpha value is -2.41. The van der Waals surface area contributed by atoms with Crippen LogP contribution in [0.25, 0.3) is 16.8 Å². The van der Waals surface area contributed by atoms with Crippen molar-refractivity contribution in [2.75, 3.05) is 0 Å². The maximum Gasteiger partial charge on any atom is 0.0708 e. The van der Waals surface area contributed by atoms with Gasteiger partial charge >= 0.3 is 0 Å². The molecule has 1 heteroatoms. The Bertz CT molecular complexity index is 648. The summed E-state index contributed by atoms with van der Waals surface area (Å²) in [6.07, 6.45) is 13.6. The minimum absolute atomic E-state index is 0.997. The first-order valence-electron chi connectivity index (χ1n) is 6.49. The average Bonchev–Trinajstić information content (AvgIpc) is 2.77. The van der Waals surface area contributed by atoms with E-state index in [0.29, 0.717) is 0 Å². The quantitative estimate of drug-likeness (QED) is 0.750. The van der Waals surface area contributed by atoms with Crippen molar-refractivity contribution in [3.63, 3.8) is 0 Å². The summed E-state index contributed by atoms with van der Waals surface area (Å²) in [6, 6.07) is 14.5. The Labute approximate surface area is 113 Å². The van der Waals surface area contributed by atoms with Crippen LogP contribution in [0.1, 0.15) is 12.0 Å². The Kier molecular flexibility index (Phi) is 3.37. The zero-order chi connectivity index (χ0) is 12.9. The van der Waals surface area contributed by atoms with Gasteiger partial charge in [0.2, 0.25) is 0 Å². The zero-order valence-electron chi connectivity index (χ0n) is 10.7. The molecule has 0 radical (unpaired) electrons. The van der Waals surface area contributed by atoms with Gasteiger partial charge in [-0.05, 0) is 29.7 Å². The number of allylic oxidation sites excluding steroid dienone is 6. The number of benzene rings is 1. The van der Waals surface area contributed by atoms with Crippen LogP contribution in [0, 0.1) is 0 Å². The van der Waals surface area contributed by atoms with Crippen LogP contribution in [0.4, 0.5) is 0 Å². The summed E-state index contributed by atoms with van der Waals surface area (Å²) >= 11 is 0. The van der Waals surface area contributed by atoms with Crippen molar-refractivity contribution in [3.8, 4) is 11.3 Å². The van der Waals surface area contributed by atoms with Crippen molar-refractivity contribution in [2.45, 2.75) is 6.42 Å². The van der Waals surface area contributed by atoms with E-state index >= 15 is 0 Å². The van der Waals surface area contributed by atoms with Crippen molar-refractivity contribution in [1.29, 1.82) is 0 Å². The van der Waals surface area contributed by atoms with Crippen LogP contribution in [-0.2, 0) is 0 Å². The van der Waals surface area contributed by atoms with Gasteiger partial charge in [-0.1, -0.05) is 60.7 Å². The van der Waals surface area contributed by atoms with Gasteiger partial charge in [-0.25, -0.2) is 0 Å². The summed E-state index contributed by atoms with van der Waals surface area (Å²) < 4.78 is 0. The second-order valence-electron chi connectivity index (χ2n) is 4.48. The van der Waals surface area contributed by atoms with Crippen LogP contribution in [0.3, 0.4) is 0 Å². The molecule has 19 heavy (non-hydrogen) atoms. The Morgan fingerprint density at radius 2 is 1.79 bits per heavy atom. The number of hydrogen-bond donors (Lipinski definition) is 0. The van der Waals surface area contributed by atoms with Crippen LogP contribution in [-0.4, -0.2) is 4.98 Å². The minimum atomic E-state index is 0.997. The predicted molar refractivity (Wildman–Crippen MR) is 80.5 cm³/mol. The second kappa shape index (κ2) is 5.49. The highest BCUT2D eigenvalue weighted by Gasteiger charge is 2.03. The molecule has 0 aliphatic heterocycles. The van der Waals surface area contributed by atoms with Gasteiger partial charge < -0.3 is 0 Å². The van der Waals surface area contributed by atoms with Crippen molar-refractivity contribution < 1.29 is 0 Å². The lowest BCUT2D eigenvalue weighted by Gasteiger charge is -2.05. The normalized spacial score (nSPS) is 14.0. The summed E-state index contributed by atoms with van der Waals surface area (Å²) in [4.78, 5) is 4.46. The first-order valence-corrected chi connectivity index (χ1v) is 6.49. The third kappa shape index (κ3) is 2.71. The van der Waals surface area contributed by atoms with Crippen molar-refractivity contribution in [1.82, 2.24) is 4.98 Å². The molecule has 0 unspecified atom stereocenters. The second-order valence-corrected chi connectivity index (χ2v) is 4.48. The Morgan fingerprint density at radius 3 is 2.68 bits per heavy atom. The molecule has 0 fully saturated rings. The molecule has 0 spiro atoms. The maximum atomic E-state index is 4.46. The number of pyridine rings is 1. The van der Waals surface area contributed by atoms with E-state index in [1.165, 1.54) is 11.1 Å². The van der Waals surface area contributed by atoms with E-state index in [1.54, 1.807) is 0 Å². The van der Waals surface area contributed by atoms with Gasteiger partial charge in [0.1, 0.15) is 0 Å². The standard InChI is InChI=1S/C18H15N/c1-2-5-9-15(8-4-1)17-12-13-19-18(14-17)16-10-6-3-7-11-16/h1,3-14H,2H2. The van der Waals surface area contributed by atoms with Crippen LogP contribution >= 0.6 is 0 Å². The molecular weight excluding hydrogens is 230 g/mol. The summed E-state index contributed by atoms with van der Waals surface area (Å²) in [5.41, 5.74) is 4.60. The fraction of sp³-hybridized carbons (Fsp3) is 0.0556. The summed E-state index contributed by atoms with van der Waals surface area (Å²) in [5, 5.41) is 0. The van der Waals surface area contributed by atoms with Gasteiger partial charge in [0, 0.05) is 11.8 Å². The summed E-state index contributed by atoms with van der Waals surface area (Å²) in [6.45, 7) is 0. The molecule has 0 bridgehead atoms. The number of hydrogen-bond acceptors (Lipinski definition) is 1. The minimum Gasteiger partial charge on any atom is -0.256 e. The molecular formula is C18H15N. The molecule has 0 N–H and O–H groups in total. The molecule has 92 valence electrons. The molecule has 3 rings (SSSR count). The maximum absolute atomic E-state index is 4.46. The SMILES string of the molecule is C1=CCC=CC(c2ccnc(-c3ccccc3)c2)=C1. The monoisotopic (exact) mass is 245 g/mol. The topological polar surface area (TPSA) is 12.9 Å². The summed E-state index contributed by atoms with van der Waals surface area (Å²) in [5.74, 6) is 0. The third-order valence-electron chi connectivity index (χ3n) is 3.14. The number of rotatable bonds is 2. The number of aromatic nitrogens is 1. The zero-order valence-corrected chi connectivity index (χ0v) is 10.7. The third-order valence-corrected chi connectivity index (χ3v) is 3.14. The van der Waals surface area contributed by atoms with Crippen LogP contribution in [0.2, 0.25) is 0 Å². The first kappa shape index (κ1) is 11.7. The van der Waals surface area contributed by atoms with Crippen molar-refractivity contribution in [2.24, 2.45) is 0 Å². The smallest absolute Gasteiger partial charge is 0.0708 e. The van der Waals surface area contributed by atoms with Gasteiger partial charge in [0.15, 0.2) is 0 Å². The highest BCUT2D eigenvalue weighted by atomic mass is 14.7. The van der Waals surface area contributed by atoms with Gasteiger partial charge in [-0.15, -0.1) is 0 Å². The van der Waals surface area contributed by atoms with Gasteiger partial charge in [-0.2, -0.15) is 0 Å². The molecule has 1 heterocycles. The van der Waals surface area contributed by atoms with Crippen LogP contribution in [0.5, 0.6) is 0 Å². The van der Waals surface area contributed by atoms with E-state index in [2.05, 4.69) is 59.6 Å². The molecule has 0 atom stereocenters. The lowest BCUT2D eigenvalue weighted by atomic mass is 10.0. The molecule has 1 nitrogen and oxygen atoms in total. The fourth-order valence-corrected chi connectivity index (χ4v) is 2.15. The van der Waals surface area contributed by atoms with Crippen molar-refractivity contribution in [3.05, 3.63) is 84.6 Å². The number of nitrogens with zero attached hydrogens (tertiary/aromatic N) is 1. The van der Waals surface area contributed by atoms with Gasteiger partial charge in [-0.3, -0.25) is 4.98 Å². The molecule has 1 aliphatic rings. The van der Waals surface area contributed by atoms with E-state index < -0.39 is 0 Å². The highest BCUT2D eigenvalue weighted by Crippen LogP contribution is 2.23. The van der Waals surface area contributed by atoms with E-state index in [4.69, 9.17) is 0 Å². The van der Waals surface area contributed by atoms with Crippen LogP contribution < -0.4 is 0 Å². The molecule has 1 aromatic heterocycles. The lowest BCUT2D eigenvalue weighted by molar-refractivity contribution is 1.31. The van der Waals surface area contributed by atoms with E-state index in [9.17, 15) is 0 Å². The van der Waals surface area contributed by atoms with Gasteiger partial charge in [0.25, 0.3) is 0 Å². The molecule has 2 aromatic rings. The Balaban J connectivity index is 2.01. The largest absolute Gasteiger partial charge is 0.256 e. The van der Waals surface area contributed by atoms with E-state index in [0.717, 1.165) is 17.7 Å². The highest BCUT2D eigenvalue weighted by molar-refractivity contribution is 5.77. The molecule has 0 saturated heterocycles. The molecule has 1 aliphatic carbocycles. The predicted octanol–water partition coefficient (Wildman–Crippen LogP) is 4.65. The molecule has 0 amide bonds. The fourth-order valence-electron chi connectivity index (χ4n) is 2.15. The molecule has 0 saturated carbocycles. The van der Waals surface area contributed by atoms with E-state index in [1.807, 2.05) is 24.4 Å². The van der Waals surface area contributed by atoms with Crippen LogP contribution in [0.15, 0.2) is 79.0 Å². The summed E-state index contributed by atoms with van der Waals surface area (Å²) in [7, 11) is 0. The molecule has 1 aromatic carbocycles. The average molecular weight is 245 g/mol. The van der Waals surface area contributed by atoms with Gasteiger partial charge in [0.05, 0.1) is 5.69 Å². The van der Waals surface area contributed by atoms with E-state index in [-0.39, 0.29) is 0 Å². The Morgan fingerprint density at radius 1 is 0.895 bits per heavy atom. The first-order chi connectivity index (χ1) is 9.43.